The number of aromatic nitrogens is 2. The van der Waals surface area contributed by atoms with Crippen molar-refractivity contribution in [2.24, 2.45) is 5.92 Å². The number of halogens is 1. The van der Waals surface area contributed by atoms with Gasteiger partial charge < -0.3 is 9.80 Å². The number of piperazine rings is 1. The summed E-state index contributed by atoms with van der Waals surface area (Å²) in [4.78, 5) is 17.0. The van der Waals surface area contributed by atoms with Crippen molar-refractivity contribution in [1.29, 1.82) is 0 Å². The van der Waals surface area contributed by atoms with Gasteiger partial charge in [0.1, 0.15) is 5.82 Å². The predicted octanol–water partition coefficient (Wildman–Crippen LogP) is 2.13. The fourth-order valence-corrected chi connectivity index (χ4v) is 3.94. The normalized spacial score (nSPS) is 15.4. The van der Waals surface area contributed by atoms with E-state index in [9.17, 15) is 9.18 Å². The lowest BCUT2D eigenvalue weighted by Crippen LogP contribution is -3.14. The molecule has 6 heteroatoms. The van der Waals surface area contributed by atoms with Gasteiger partial charge in [-0.15, -0.1) is 0 Å². The molecule has 0 atom stereocenters. The molecule has 3 rings (SSSR count). The summed E-state index contributed by atoms with van der Waals surface area (Å²) in [5, 5.41) is 4.81. The van der Waals surface area contributed by atoms with Crippen molar-refractivity contribution in [3.63, 3.8) is 0 Å². The van der Waals surface area contributed by atoms with Crippen LogP contribution in [0.25, 0.3) is 5.69 Å². The Morgan fingerprint density at radius 3 is 2.36 bits per heavy atom. The monoisotopic (exact) mass is 387 g/mol. The summed E-state index contributed by atoms with van der Waals surface area (Å²) >= 11 is 0. The van der Waals surface area contributed by atoms with Gasteiger partial charge in [-0.25, -0.2) is 9.07 Å². The highest BCUT2D eigenvalue weighted by Crippen LogP contribution is 2.24. The Balaban J connectivity index is 2.00. The van der Waals surface area contributed by atoms with Crippen LogP contribution in [0, 0.1) is 11.7 Å². The molecule has 1 aromatic carbocycles. The van der Waals surface area contributed by atoms with Crippen LogP contribution in [0.4, 0.5) is 4.39 Å². The van der Waals surface area contributed by atoms with Gasteiger partial charge in [0.2, 0.25) is 0 Å². The van der Waals surface area contributed by atoms with Gasteiger partial charge in [-0.1, -0.05) is 20.8 Å². The summed E-state index contributed by atoms with van der Waals surface area (Å²) in [5.41, 5.74) is 3.31. The fourth-order valence-electron chi connectivity index (χ4n) is 3.94. The summed E-state index contributed by atoms with van der Waals surface area (Å²) in [6, 6.07) is 6.32. The van der Waals surface area contributed by atoms with Crippen molar-refractivity contribution in [3.05, 3.63) is 47.0 Å². The molecule has 0 radical (unpaired) electrons. The molecule has 0 aliphatic carbocycles. The fraction of sp³-hybridized carbons (Fsp3) is 0.545. The first-order chi connectivity index (χ1) is 13.4. The van der Waals surface area contributed by atoms with Gasteiger partial charge in [0.05, 0.1) is 55.4 Å². The number of quaternary nitrogens is 1. The van der Waals surface area contributed by atoms with E-state index in [1.165, 1.54) is 12.1 Å². The van der Waals surface area contributed by atoms with Crippen molar-refractivity contribution in [3.8, 4) is 5.69 Å². The third-order valence-corrected chi connectivity index (χ3v) is 5.53. The number of nitrogens with zero attached hydrogens (tertiary/aromatic N) is 3. The number of likely N-dealkylation sites (N-methyl/N-ethyl adjacent to an activating group) is 1. The predicted molar refractivity (Wildman–Crippen MR) is 109 cm³/mol. The Labute approximate surface area is 167 Å². The van der Waals surface area contributed by atoms with E-state index >= 15 is 0 Å². The molecular formula is C22H32FN4O+. The zero-order valence-corrected chi connectivity index (χ0v) is 17.5. The maximum absolute atomic E-state index is 13.5. The molecule has 1 aliphatic heterocycles. The highest BCUT2D eigenvalue weighted by molar-refractivity contribution is 5.96. The van der Waals surface area contributed by atoms with Gasteiger partial charge in [-0.2, -0.15) is 5.10 Å². The van der Waals surface area contributed by atoms with E-state index in [1.807, 2.05) is 16.5 Å². The van der Waals surface area contributed by atoms with E-state index in [1.54, 1.807) is 17.0 Å². The SMILES string of the molecule is CCc1c(C(=O)N2CC[NH+](CC)CC2)c(CC(C)C)nn1-c1ccc(F)cc1. The van der Waals surface area contributed by atoms with Crippen molar-refractivity contribution in [1.82, 2.24) is 14.7 Å². The van der Waals surface area contributed by atoms with Crippen LogP contribution in [0.5, 0.6) is 0 Å². The van der Waals surface area contributed by atoms with Gasteiger partial charge in [0.15, 0.2) is 0 Å². The first-order valence-corrected chi connectivity index (χ1v) is 10.4. The number of rotatable bonds is 6. The van der Waals surface area contributed by atoms with Crippen molar-refractivity contribution in [2.45, 2.75) is 40.5 Å². The number of carbonyl (C=O) groups excluding carboxylic acids is 1. The number of hydrogen-bond donors (Lipinski definition) is 1. The average Bonchev–Trinajstić information content (AvgIpc) is 3.05. The zero-order chi connectivity index (χ0) is 20.3. The van der Waals surface area contributed by atoms with Crippen LogP contribution in [0.2, 0.25) is 0 Å². The number of carbonyl (C=O) groups is 1. The quantitative estimate of drug-likeness (QED) is 0.825. The average molecular weight is 388 g/mol. The van der Waals surface area contributed by atoms with E-state index < -0.39 is 0 Å². The molecule has 1 amide bonds. The summed E-state index contributed by atoms with van der Waals surface area (Å²) in [7, 11) is 0. The molecule has 0 spiro atoms. The Morgan fingerprint density at radius 1 is 1.18 bits per heavy atom. The second kappa shape index (κ2) is 8.86. The third-order valence-electron chi connectivity index (χ3n) is 5.53. The third kappa shape index (κ3) is 4.27. The van der Waals surface area contributed by atoms with Crippen molar-refractivity contribution >= 4 is 5.91 Å². The topological polar surface area (TPSA) is 42.6 Å². The molecule has 152 valence electrons. The zero-order valence-electron chi connectivity index (χ0n) is 17.5. The summed E-state index contributed by atoms with van der Waals surface area (Å²) in [5.74, 6) is 0.217. The van der Waals surface area contributed by atoms with Crippen LogP contribution >= 0.6 is 0 Å². The first kappa shape index (κ1) is 20.5. The van der Waals surface area contributed by atoms with Gasteiger partial charge in [-0.3, -0.25) is 4.79 Å². The lowest BCUT2D eigenvalue weighted by atomic mass is 10.0. The van der Waals surface area contributed by atoms with Crippen LogP contribution in [0.3, 0.4) is 0 Å². The van der Waals surface area contributed by atoms with Gasteiger partial charge in [-0.05, 0) is 49.9 Å². The Morgan fingerprint density at radius 2 is 1.82 bits per heavy atom. The van der Waals surface area contributed by atoms with Crippen molar-refractivity contribution in [2.75, 3.05) is 32.7 Å². The second-order valence-electron chi connectivity index (χ2n) is 8.00. The van der Waals surface area contributed by atoms with Crippen LogP contribution in [-0.4, -0.2) is 53.3 Å². The molecule has 5 nitrogen and oxygen atoms in total. The highest BCUT2D eigenvalue weighted by Gasteiger charge is 2.30. The minimum Gasteiger partial charge on any atom is -0.332 e. The van der Waals surface area contributed by atoms with Crippen LogP contribution in [-0.2, 0) is 12.8 Å². The lowest BCUT2D eigenvalue weighted by molar-refractivity contribution is -0.902. The number of benzene rings is 1. The molecule has 28 heavy (non-hydrogen) atoms. The summed E-state index contributed by atoms with van der Waals surface area (Å²) < 4.78 is 15.2. The Kier molecular flexibility index (Phi) is 6.50. The Hall–Kier alpha value is -2.21. The van der Waals surface area contributed by atoms with Crippen LogP contribution in [0.1, 0.15) is 49.4 Å². The summed E-state index contributed by atoms with van der Waals surface area (Å²) in [6.45, 7) is 13.2. The summed E-state index contributed by atoms with van der Waals surface area (Å²) in [6.07, 6.45) is 1.45. The van der Waals surface area contributed by atoms with E-state index in [0.29, 0.717) is 12.3 Å². The standard InChI is InChI=1S/C22H31FN4O/c1-5-20-21(22(28)26-13-11-25(6-2)12-14-26)19(15-16(3)4)24-27(20)18-9-7-17(23)8-10-18/h7-10,16H,5-6,11-15H2,1-4H3/p+1. The molecule has 1 fully saturated rings. The van der Waals surface area contributed by atoms with Gasteiger partial charge in [0.25, 0.3) is 5.91 Å². The maximum Gasteiger partial charge on any atom is 0.258 e. The molecule has 1 saturated heterocycles. The number of amides is 1. The van der Waals surface area contributed by atoms with E-state index in [0.717, 1.165) is 61.8 Å². The van der Waals surface area contributed by atoms with E-state index in [4.69, 9.17) is 5.10 Å². The molecule has 1 aliphatic rings. The lowest BCUT2D eigenvalue weighted by Gasteiger charge is -2.31. The minimum atomic E-state index is -0.274. The number of hydrogen-bond acceptors (Lipinski definition) is 2. The van der Waals surface area contributed by atoms with Gasteiger partial charge >= 0.3 is 0 Å². The largest absolute Gasteiger partial charge is 0.332 e. The molecule has 1 N–H and O–H groups in total. The molecule has 0 unspecified atom stereocenters. The number of nitrogens with one attached hydrogen (secondary N) is 1. The van der Waals surface area contributed by atoms with E-state index in [2.05, 4.69) is 20.8 Å². The van der Waals surface area contributed by atoms with E-state index in [-0.39, 0.29) is 11.7 Å². The van der Waals surface area contributed by atoms with Crippen molar-refractivity contribution < 1.29 is 14.1 Å². The first-order valence-electron chi connectivity index (χ1n) is 10.4. The minimum absolute atomic E-state index is 0.0935. The Bertz CT molecular complexity index is 805. The molecule has 1 aromatic heterocycles. The van der Waals surface area contributed by atoms with Crippen LogP contribution < -0.4 is 4.90 Å². The van der Waals surface area contributed by atoms with Crippen LogP contribution in [0.15, 0.2) is 24.3 Å². The molecule has 0 saturated carbocycles. The molecule has 2 heterocycles. The second-order valence-corrected chi connectivity index (χ2v) is 8.00. The molecule has 2 aromatic rings. The molecular weight excluding hydrogens is 355 g/mol. The highest BCUT2D eigenvalue weighted by atomic mass is 19.1. The smallest absolute Gasteiger partial charge is 0.258 e. The maximum atomic E-state index is 13.5. The molecule has 0 bridgehead atoms. The van der Waals surface area contributed by atoms with Gasteiger partial charge in [0, 0.05) is 0 Å².